The van der Waals surface area contributed by atoms with Gasteiger partial charge in [-0.1, -0.05) is 17.7 Å². The maximum atomic E-state index is 14.4. The van der Waals surface area contributed by atoms with Crippen LogP contribution in [0.3, 0.4) is 0 Å². The van der Waals surface area contributed by atoms with Crippen LogP contribution in [0.25, 0.3) is 10.9 Å². The molecular weight excluding hydrogens is 437 g/mol. The molecule has 32 heavy (non-hydrogen) atoms. The van der Waals surface area contributed by atoms with Gasteiger partial charge in [-0.15, -0.1) is 0 Å². The Balaban J connectivity index is 1.64. The summed E-state index contributed by atoms with van der Waals surface area (Å²) in [5.74, 6) is 0.811. The van der Waals surface area contributed by atoms with E-state index in [1.54, 1.807) is 50.4 Å². The summed E-state index contributed by atoms with van der Waals surface area (Å²) in [5.41, 5.74) is 0.792. The topological polar surface area (TPSA) is 88.6 Å². The Morgan fingerprint density at radius 1 is 1.28 bits per heavy atom. The molecule has 2 heterocycles. The average molecular weight is 460 g/mol. The largest absolute Gasteiger partial charge is 0.493 e. The van der Waals surface area contributed by atoms with Gasteiger partial charge in [0.05, 0.1) is 29.4 Å². The minimum Gasteiger partial charge on any atom is -0.493 e. The molecule has 0 saturated carbocycles. The second-order valence-corrected chi connectivity index (χ2v) is 8.05. The first-order valence-electron chi connectivity index (χ1n) is 10.0. The number of hydrogen-bond acceptors (Lipinski definition) is 7. The summed E-state index contributed by atoms with van der Waals surface area (Å²) in [6, 6.07) is 7.88. The number of amides is 1. The summed E-state index contributed by atoms with van der Waals surface area (Å²) < 4.78 is 26.1. The molecular formula is C22H23ClFN5O3. The third kappa shape index (κ3) is 4.39. The van der Waals surface area contributed by atoms with Crippen LogP contribution in [0.2, 0.25) is 5.02 Å². The number of halogens is 2. The van der Waals surface area contributed by atoms with Crippen molar-refractivity contribution in [3.8, 4) is 11.5 Å². The number of ether oxygens (including phenoxy) is 2. The third-order valence-electron chi connectivity index (χ3n) is 5.25. The van der Waals surface area contributed by atoms with Gasteiger partial charge < -0.3 is 25.0 Å². The summed E-state index contributed by atoms with van der Waals surface area (Å²) >= 11 is 5.89. The number of carbonyl (C=O) groups is 1. The number of nitrogens with one attached hydrogen (secondary N) is 2. The molecule has 1 amide bonds. The van der Waals surface area contributed by atoms with E-state index in [1.807, 2.05) is 0 Å². The van der Waals surface area contributed by atoms with Crippen molar-refractivity contribution in [1.82, 2.24) is 20.2 Å². The number of fused-ring (bicyclic) bond motifs is 1. The molecule has 2 atom stereocenters. The fourth-order valence-corrected chi connectivity index (χ4v) is 3.79. The van der Waals surface area contributed by atoms with Gasteiger partial charge in [0, 0.05) is 38.5 Å². The second-order valence-electron chi connectivity index (χ2n) is 7.64. The van der Waals surface area contributed by atoms with Crippen LogP contribution in [0, 0.1) is 5.82 Å². The van der Waals surface area contributed by atoms with E-state index in [2.05, 4.69) is 20.6 Å². The van der Waals surface area contributed by atoms with Crippen LogP contribution in [0.5, 0.6) is 11.5 Å². The first kappa shape index (κ1) is 22.0. The standard InChI is InChI=1S/C22H23ClFN5O3/c1-29(2)22(30)17-7-12(10-25-17)32-19-8-13-16(9-18(19)31-3)26-11-27-21(13)28-15-6-4-5-14(23)20(15)24/h4-6,8-9,11-12,17,25H,7,10H2,1-3H3,(H,26,27,28)/t12-,17-/m0/s1. The number of hydrogen-bond donors (Lipinski definition) is 2. The highest BCUT2D eigenvalue weighted by Gasteiger charge is 2.32. The van der Waals surface area contributed by atoms with Crippen molar-refractivity contribution in [1.29, 1.82) is 0 Å². The molecule has 1 aliphatic rings. The number of carbonyl (C=O) groups excluding carboxylic acids is 1. The predicted octanol–water partition coefficient (Wildman–Crippen LogP) is 3.37. The van der Waals surface area contributed by atoms with Crippen LogP contribution in [-0.4, -0.2) is 60.7 Å². The normalized spacial score (nSPS) is 17.9. The van der Waals surface area contributed by atoms with Crippen molar-refractivity contribution in [2.75, 3.05) is 33.1 Å². The van der Waals surface area contributed by atoms with E-state index in [9.17, 15) is 9.18 Å². The first-order chi connectivity index (χ1) is 15.4. The number of methoxy groups -OCH3 is 1. The van der Waals surface area contributed by atoms with Gasteiger partial charge in [-0.25, -0.2) is 14.4 Å². The third-order valence-corrected chi connectivity index (χ3v) is 5.54. The van der Waals surface area contributed by atoms with Gasteiger partial charge in [-0.2, -0.15) is 0 Å². The Morgan fingerprint density at radius 2 is 2.09 bits per heavy atom. The number of rotatable bonds is 6. The zero-order valence-corrected chi connectivity index (χ0v) is 18.6. The Bertz CT molecular complexity index is 1160. The molecule has 0 radical (unpaired) electrons. The van der Waals surface area contributed by atoms with Gasteiger partial charge in [-0.3, -0.25) is 4.79 Å². The van der Waals surface area contributed by atoms with Gasteiger partial charge in [0.2, 0.25) is 5.91 Å². The zero-order chi connectivity index (χ0) is 22.8. The fraction of sp³-hybridized carbons (Fsp3) is 0.318. The average Bonchev–Trinajstić information content (AvgIpc) is 3.24. The zero-order valence-electron chi connectivity index (χ0n) is 17.9. The molecule has 1 fully saturated rings. The Hall–Kier alpha value is -3.17. The smallest absolute Gasteiger partial charge is 0.239 e. The molecule has 2 N–H and O–H groups in total. The maximum Gasteiger partial charge on any atom is 0.239 e. The Morgan fingerprint density at radius 3 is 2.84 bits per heavy atom. The second kappa shape index (κ2) is 9.13. The molecule has 2 aromatic carbocycles. The predicted molar refractivity (Wildman–Crippen MR) is 120 cm³/mol. The van der Waals surface area contributed by atoms with Crippen LogP contribution in [0.4, 0.5) is 15.9 Å². The van der Waals surface area contributed by atoms with Crippen LogP contribution in [0.15, 0.2) is 36.7 Å². The van der Waals surface area contributed by atoms with E-state index in [-0.39, 0.29) is 28.8 Å². The highest BCUT2D eigenvalue weighted by atomic mass is 35.5. The Kier molecular flexibility index (Phi) is 6.29. The molecule has 4 rings (SSSR count). The lowest BCUT2D eigenvalue weighted by Crippen LogP contribution is -2.39. The minimum absolute atomic E-state index is 0.00464. The Labute approximate surface area is 189 Å². The van der Waals surface area contributed by atoms with E-state index in [4.69, 9.17) is 21.1 Å². The summed E-state index contributed by atoms with van der Waals surface area (Å²) in [4.78, 5) is 22.3. The molecule has 3 aromatic rings. The number of aromatic nitrogens is 2. The lowest BCUT2D eigenvalue weighted by Gasteiger charge is -2.18. The lowest BCUT2D eigenvalue weighted by atomic mass is 10.1. The molecule has 8 nitrogen and oxygen atoms in total. The van der Waals surface area contributed by atoms with Crippen LogP contribution < -0.4 is 20.1 Å². The van der Waals surface area contributed by atoms with E-state index < -0.39 is 5.82 Å². The van der Waals surface area contributed by atoms with Gasteiger partial charge in [0.1, 0.15) is 18.2 Å². The fourth-order valence-electron chi connectivity index (χ4n) is 3.62. The molecule has 1 aromatic heterocycles. The summed E-state index contributed by atoms with van der Waals surface area (Å²) in [7, 11) is 4.99. The number of anilines is 2. The SMILES string of the molecule is COc1cc2ncnc(Nc3cccc(Cl)c3F)c2cc1O[C@@H]1CN[C@H](C(=O)N(C)C)C1. The van der Waals surface area contributed by atoms with Gasteiger partial charge in [0.25, 0.3) is 0 Å². The molecule has 168 valence electrons. The molecule has 1 saturated heterocycles. The highest BCUT2D eigenvalue weighted by Crippen LogP contribution is 2.36. The molecule has 0 bridgehead atoms. The van der Waals surface area contributed by atoms with Crippen molar-refractivity contribution in [3.05, 3.63) is 47.5 Å². The molecule has 0 unspecified atom stereocenters. The van der Waals surface area contributed by atoms with Crippen LogP contribution in [0.1, 0.15) is 6.42 Å². The monoisotopic (exact) mass is 459 g/mol. The molecule has 10 heteroatoms. The number of nitrogens with zero attached hydrogens (tertiary/aromatic N) is 3. The number of likely N-dealkylation sites (N-methyl/N-ethyl adjacent to an activating group) is 1. The van der Waals surface area contributed by atoms with E-state index >= 15 is 0 Å². The van der Waals surface area contributed by atoms with E-state index in [0.29, 0.717) is 41.2 Å². The van der Waals surface area contributed by atoms with Crippen molar-refractivity contribution >= 4 is 39.9 Å². The van der Waals surface area contributed by atoms with Crippen LogP contribution >= 0.6 is 11.6 Å². The van der Waals surface area contributed by atoms with Gasteiger partial charge >= 0.3 is 0 Å². The molecule has 1 aliphatic heterocycles. The minimum atomic E-state index is -0.570. The first-order valence-corrected chi connectivity index (χ1v) is 10.4. The van der Waals surface area contributed by atoms with Crippen molar-refractivity contribution < 1.29 is 18.7 Å². The molecule has 0 aliphatic carbocycles. The maximum absolute atomic E-state index is 14.4. The van der Waals surface area contributed by atoms with E-state index in [1.165, 1.54) is 12.4 Å². The van der Waals surface area contributed by atoms with Crippen molar-refractivity contribution in [2.45, 2.75) is 18.6 Å². The summed E-state index contributed by atoms with van der Waals surface area (Å²) in [6.07, 6.45) is 1.69. The van der Waals surface area contributed by atoms with Gasteiger partial charge in [0.15, 0.2) is 17.3 Å². The van der Waals surface area contributed by atoms with E-state index in [0.717, 1.165) is 0 Å². The molecule has 0 spiro atoms. The summed E-state index contributed by atoms with van der Waals surface area (Å²) in [6.45, 7) is 0.523. The van der Waals surface area contributed by atoms with Crippen LogP contribution in [-0.2, 0) is 4.79 Å². The quantitative estimate of drug-likeness (QED) is 0.584. The van der Waals surface area contributed by atoms with Crippen molar-refractivity contribution in [3.63, 3.8) is 0 Å². The summed E-state index contributed by atoms with van der Waals surface area (Å²) in [5, 5.41) is 6.80. The van der Waals surface area contributed by atoms with Gasteiger partial charge in [-0.05, 0) is 18.2 Å². The van der Waals surface area contributed by atoms with Crippen molar-refractivity contribution in [2.24, 2.45) is 0 Å². The highest BCUT2D eigenvalue weighted by molar-refractivity contribution is 6.31. The number of benzene rings is 2. The lowest BCUT2D eigenvalue weighted by molar-refractivity contribution is -0.130.